The molecule has 0 aliphatic heterocycles. The first-order chi connectivity index (χ1) is 16.5. The number of halogens is 1. The lowest BCUT2D eigenvalue weighted by atomic mass is 10.1. The van der Waals surface area contributed by atoms with Gasteiger partial charge in [-0.1, -0.05) is 29.8 Å². The Kier molecular flexibility index (Phi) is 7.41. The van der Waals surface area contributed by atoms with Crippen LogP contribution in [0.1, 0.15) is 41.7 Å². The minimum atomic E-state index is -0.337. The van der Waals surface area contributed by atoms with E-state index in [0.29, 0.717) is 32.5 Å². The molecule has 0 radical (unpaired) electrons. The summed E-state index contributed by atoms with van der Waals surface area (Å²) in [6, 6.07) is 18.7. The van der Waals surface area contributed by atoms with E-state index in [1.165, 1.54) is 17.4 Å². The smallest absolute Gasteiger partial charge is 0.265 e. The third-order valence-corrected chi connectivity index (χ3v) is 6.07. The van der Waals surface area contributed by atoms with Crippen molar-refractivity contribution in [2.24, 2.45) is 0 Å². The van der Waals surface area contributed by atoms with E-state index in [0.717, 1.165) is 5.56 Å². The molecule has 0 aliphatic carbocycles. The predicted molar refractivity (Wildman–Crippen MR) is 131 cm³/mol. The minimum Gasteiger partial charge on any atom is -0.467 e. The van der Waals surface area contributed by atoms with Gasteiger partial charge in [-0.3, -0.25) is 14.4 Å². The third kappa shape index (κ3) is 5.92. The molecule has 0 saturated carbocycles. The lowest BCUT2D eigenvalue weighted by Gasteiger charge is -2.10. The second-order valence-corrected chi connectivity index (χ2v) is 8.63. The molecule has 2 aromatic heterocycles. The van der Waals surface area contributed by atoms with E-state index in [2.05, 4.69) is 16.0 Å². The first-order valence-corrected chi connectivity index (χ1v) is 11.6. The van der Waals surface area contributed by atoms with Crippen LogP contribution < -0.4 is 16.0 Å². The van der Waals surface area contributed by atoms with Gasteiger partial charge in [0, 0.05) is 17.7 Å². The summed E-state index contributed by atoms with van der Waals surface area (Å²) in [7, 11) is 0. The summed E-state index contributed by atoms with van der Waals surface area (Å²) in [5, 5.41) is 10.5. The number of furan rings is 1. The normalized spacial score (nSPS) is 10.5. The van der Waals surface area contributed by atoms with Crippen molar-refractivity contribution in [1.29, 1.82) is 0 Å². The van der Waals surface area contributed by atoms with Gasteiger partial charge in [-0.25, -0.2) is 0 Å². The number of hydrogen-bond donors (Lipinski definition) is 3. The monoisotopic (exact) mass is 493 g/mol. The van der Waals surface area contributed by atoms with Gasteiger partial charge in [0.2, 0.25) is 0 Å². The average molecular weight is 494 g/mol. The highest BCUT2D eigenvalue weighted by Gasteiger charge is 2.13. The van der Waals surface area contributed by atoms with Crippen molar-refractivity contribution in [1.82, 2.24) is 10.6 Å². The molecule has 0 aliphatic rings. The molecular formula is C25H20ClN3O4S. The maximum atomic E-state index is 12.7. The highest BCUT2D eigenvalue weighted by Crippen LogP contribution is 2.24. The largest absolute Gasteiger partial charge is 0.467 e. The van der Waals surface area contributed by atoms with Crippen molar-refractivity contribution in [2.45, 2.75) is 13.1 Å². The fourth-order valence-corrected chi connectivity index (χ4v) is 3.93. The van der Waals surface area contributed by atoms with Crippen molar-refractivity contribution in [2.75, 3.05) is 5.32 Å². The molecule has 0 fully saturated rings. The number of amides is 3. The summed E-state index contributed by atoms with van der Waals surface area (Å²) >= 11 is 7.51. The molecule has 7 nitrogen and oxygen atoms in total. The van der Waals surface area contributed by atoms with Gasteiger partial charge in [-0.2, -0.15) is 0 Å². The van der Waals surface area contributed by atoms with E-state index >= 15 is 0 Å². The zero-order chi connectivity index (χ0) is 23.9. The maximum Gasteiger partial charge on any atom is 0.265 e. The summed E-state index contributed by atoms with van der Waals surface area (Å²) in [4.78, 5) is 38.0. The third-order valence-electron chi connectivity index (χ3n) is 4.87. The number of rotatable bonds is 8. The van der Waals surface area contributed by atoms with E-state index in [9.17, 15) is 14.4 Å². The number of hydrogen-bond acceptors (Lipinski definition) is 5. The standard InChI is InChI=1S/C25H20ClN3O4S/c26-20-9-8-18(13-21(20)29-25(32)22-7-3-11-34-22)24(31)27-14-16-4-1-5-17(12-16)23(30)28-15-19-6-2-10-33-19/h1-13H,14-15H2,(H,27,31)(H,28,30)(H,29,32). The topological polar surface area (TPSA) is 100 Å². The molecule has 4 aromatic rings. The molecular weight excluding hydrogens is 474 g/mol. The van der Waals surface area contributed by atoms with Gasteiger partial charge in [0.1, 0.15) is 5.76 Å². The zero-order valence-corrected chi connectivity index (χ0v) is 19.4. The van der Waals surface area contributed by atoms with Crippen LogP contribution in [0.3, 0.4) is 0 Å². The van der Waals surface area contributed by atoms with E-state index in [-0.39, 0.29) is 30.8 Å². The molecule has 0 spiro atoms. The van der Waals surface area contributed by atoms with Crippen molar-refractivity contribution in [3.05, 3.63) is 111 Å². The second-order valence-electron chi connectivity index (χ2n) is 7.27. The highest BCUT2D eigenvalue weighted by molar-refractivity contribution is 7.12. The first kappa shape index (κ1) is 23.3. The summed E-state index contributed by atoms with van der Waals surface area (Å²) < 4.78 is 5.21. The molecule has 9 heteroatoms. The number of thiophene rings is 1. The molecule has 3 amide bonds. The Hall–Kier alpha value is -3.88. The van der Waals surface area contributed by atoms with Crippen LogP contribution in [0.25, 0.3) is 0 Å². The molecule has 0 bridgehead atoms. The maximum absolute atomic E-state index is 12.7. The van der Waals surface area contributed by atoms with Gasteiger partial charge in [-0.05, 0) is 59.5 Å². The fourth-order valence-electron chi connectivity index (χ4n) is 3.14. The predicted octanol–water partition coefficient (Wildman–Crippen LogP) is 5.11. The van der Waals surface area contributed by atoms with E-state index in [1.807, 2.05) is 6.07 Å². The molecule has 172 valence electrons. The van der Waals surface area contributed by atoms with E-state index in [4.69, 9.17) is 16.0 Å². The van der Waals surface area contributed by atoms with Crippen LogP contribution >= 0.6 is 22.9 Å². The fraction of sp³-hybridized carbons (Fsp3) is 0.0800. The van der Waals surface area contributed by atoms with Gasteiger partial charge in [0.15, 0.2) is 0 Å². The minimum absolute atomic E-state index is 0.220. The van der Waals surface area contributed by atoms with Gasteiger partial charge in [-0.15, -0.1) is 11.3 Å². The number of benzene rings is 2. The number of anilines is 1. The Balaban J connectivity index is 1.36. The van der Waals surface area contributed by atoms with Crippen molar-refractivity contribution >= 4 is 46.3 Å². The highest BCUT2D eigenvalue weighted by atomic mass is 35.5. The molecule has 0 unspecified atom stereocenters. The number of carbonyl (C=O) groups excluding carboxylic acids is 3. The van der Waals surface area contributed by atoms with Crippen LogP contribution in [-0.2, 0) is 13.1 Å². The quantitative estimate of drug-likeness (QED) is 0.317. The SMILES string of the molecule is O=C(NCc1cccc(C(=O)NCc2ccco2)c1)c1ccc(Cl)c(NC(=O)c2cccs2)c1. The van der Waals surface area contributed by atoms with Crippen LogP contribution in [0.2, 0.25) is 5.02 Å². The van der Waals surface area contributed by atoms with Gasteiger partial charge in [0.25, 0.3) is 17.7 Å². The summed E-state index contributed by atoms with van der Waals surface area (Å²) in [5.74, 6) is -0.216. The Morgan fingerprint density at radius 1 is 0.824 bits per heavy atom. The summed E-state index contributed by atoms with van der Waals surface area (Å²) in [6.07, 6.45) is 1.55. The van der Waals surface area contributed by atoms with Crippen molar-refractivity contribution < 1.29 is 18.8 Å². The molecule has 34 heavy (non-hydrogen) atoms. The van der Waals surface area contributed by atoms with Crippen LogP contribution in [0.4, 0.5) is 5.69 Å². The summed E-state index contributed by atoms with van der Waals surface area (Å²) in [5.41, 5.74) is 1.93. The Morgan fingerprint density at radius 3 is 2.35 bits per heavy atom. The van der Waals surface area contributed by atoms with Crippen LogP contribution in [-0.4, -0.2) is 17.7 Å². The molecule has 2 aromatic carbocycles. The van der Waals surface area contributed by atoms with Gasteiger partial charge >= 0.3 is 0 Å². The number of carbonyl (C=O) groups is 3. The van der Waals surface area contributed by atoms with Crippen molar-refractivity contribution in [3.63, 3.8) is 0 Å². The average Bonchev–Trinajstić information content (AvgIpc) is 3.57. The molecule has 4 rings (SSSR count). The molecule has 0 saturated heterocycles. The van der Waals surface area contributed by atoms with Gasteiger partial charge in [0.05, 0.1) is 28.4 Å². The van der Waals surface area contributed by atoms with Crippen LogP contribution in [0.5, 0.6) is 0 Å². The Bertz CT molecular complexity index is 1300. The van der Waals surface area contributed by atoms with Crippen LogP contribution in [0, 0.1) is 0 Å². The van der Waals surface area contributed by atoms with Crippen molar-refractivity contribution in [3.8, 4) is 0 Å². The molecule has 3 N–H and O–H groups in total. The lowest BCUT2D eigenvalue weighted by Crippen LogP contribution is -2.24. The molecule has 0 atom stereocenters. The summed E-state index contributed by atoms with van der Waals surface area (Å²) in [6.45, 7) is 0.506. The van der Waals surface area contributed by atoms with E-state index in [1.54, 1.807) is 66.2 Å². The number of nitrogens with one attached hydrogen (secondary N) is 3. The molecule has 2 heterocycles. The second kappa shape index (κ2) is 10.8. The van der Waals surface area contributed by atoms with E-state index < -0.39 is 0 Å². The van der Waals surface area contributed by atoms with Gasteiger partial charge < -0.3 is 20.4 Å². The first-order valence-electron chi connectivity index (χ1n) is 10.3. The van der Waals surface area contributed by atoms with Crippen LogP contribution in [0.15, 0.2) is 82.8 Å². The Labute approximate surface area is 204 Å². The Morgan fingerprint density at radius 2 is 1.62 bits per heavy atom. The zero-order valence-electron chi connectivity index (χ0n) is 17.8. The lowest BCUT2D eigenvalue weighted by molar-refractivity contribution is 0.0943.